The van der Waals surface area contributed by atoms with Crippen molar-refractivity contribution in [3.63, 3.8) is 0 Å². The van der Waals surface area contributed by atoms with Gasteiger partial charge in [0.05, 0.1) is 0 Å². The monoisotopic (exact) mass is 175 g/mol. The number of carbonyl (C=O) groups excluding carboxylic acids is 1. The Morgan fingerprint density at radius 2 is 2.31 bits per heavy atom. The molecule has 2 heteroatoms. The molecule has 0 saturated heterocycles. The third-order valence-electron chi connectivity index (χ3n) is 2.38. The van der Waals surface area contributed by atoms with Gasteiger partial charge in [-0.2, -0.15) is 0 Å². The quantitative estimate of drug-likeness (QED) is 0.744. The molecule has 0 amide bonds. The Morgan fingerprint density at radius 3 is 3.00 bits per heavy atom. The summed E-state index contributed by atoms with van der Waals surface area (Å²) >= 11 is 0. The van der Waals surface area contributed by atoms with Gasteiger partial charge in [-0.05, 0) is 25.0 Å². The van der Waals surface area contributed by atoms with Crippen LogP contribution in [0.2, 0.25) is 0 Å². The molecule has 0 radical (unpaired) electrons. The molecule has 1 aromatic rings. The van der Waals surface area contributed by atoms with Crippen molar-refractivity contribution >= 4 is 11.5 Å². The maximum atomic E-state index is 10.9. The predicted octanol–water partition coefficient (Wildman–Crippen LogP) is 2.00. The minimum atomic E-state index is 0.255. The van der Waals surface area contributed by atoms with Crippen LogP contribution in [0.1, 0.15) is 18.9 Å². The fraction of sp³-hybridized carbons (Fsp3) is 0.364. The molecule has 2 rings (SSSR count). The van der Waals surface area contributed by atoms with Crippen LogP contribution >= 0.6 is 0 Å². The number of para-hydroxylation sites is 1. The molecular formula is C11H13NO. The number of benzene rings is 1. The van der Waals surface area contributed by atoms with Crippen LogP contribution in [0.25, 0.3) is 0 Å². The summed E-state index contributed by atoms with van der Waals surface area (Å²) in [5.41, 5.74) is 2.52. The zero-order valence-electron chi connectivity index (χ0n) is 7.71. The maximum absolute atomic E-state index is 10.9. The van der Waals surface area contributed by atoms with Gasteiger partial charge >= 0.3 is 0 Å². The van der Waals surface area contributed by atoms with Crippen LogP contribution in [-0.2, 0) is 11.2 Å². The molecule has 0 aliphatic carbocycles. The molecular weight excluding hydrogens is 162 g/mol. The van der Waals surface area contributed by atoms with Crippen molar-refractivity contribution in [2.45, 2.75) is 25.8 Å². The molecule has 1 aliphatic heterocycles. The van der Waals surface area contributed by atoms with E-state index in [2.05, 4.69) is 17.4 Å². The minimum Gasteiger partial charge on any atom is -0.381 e. The number of anilines is 1. The van der Waals surface area contributed by atoms with E-state index >= 15 is 0 Å². The Labute approximate surface area is 78.0 Å². The Bertz CT molecular complexity index is 308. The van der Waals surface area contributed by atoms with Gasteiger partial charge in [0, 0.05) is 18.2 Å². The van der Waals surface area contributed by atoms with Crippen LogP contribution in [0.15, 0.2) is 24.3 Å². The summed E-state index contributed by atoms with van der Waals surface area (Å²) in [6, 6.07) is 8.55. The number of carbonyl (C=O) groups is 1. The Hall–Kier alpha value is -1.31. The molecule has 2 nitrogen and oxygen atoms in total. The summed E-state index contributed by atoms with van der Waals surface area (Å²) in [4.78, 5) is 10.9. The SMILES string of the molecule is CC(=O)CC1Cc2ccccc2N1. The predicted molar refractivity (Wildman–Crippen MR) is 52.9 cm³/mol. The average Bonchev–Trinajstić information content (AvgIpc) is 2.44. The van der Waals surface area contributed by atoms with Crippen LogP contribution in [0, 0.1) is 0 Å². The van der Waals surface area contributed by atoms with Crippen LogP contribution in [0.4, 0.5) is 5.69 Å². The Morgan fingerprint density at radius 1 is 1.54 bits per heavy atom. The van der Waals surface area contributed by atoms with E-state index in [-0.39, 0.29) is 5.78 Å². The summed E-state index contributed by atoms with van der Waals surface area (Å²) in [5.74, 6) is 0.255. The third-order valence-corrected chi connectivity index (χ3v) is 2.38. The van der Waals surface area contributed by atoms with Gasteiger partial charge in [-0.25, -0.2) is 0 Å². The molecule has 0 bridgehead atoms. The number of Topliss-reactive ketones (excluding diaryl/α,β-unsaturated/α-hetero) is 1. The first-order valence-corrected chi connectivity index (χ1v) is 4.59. The van der Waals surface area contributed by atoms with Gasteiger partial charge in [0.2, 0.25) is 0 Å². The van der Waals surface area contributed by atoms with E-state index in [1.54, 1.807) is 6.92 Å². The van der Waals surface area contributed by atoms with Gasteiger partial charge in [0.25, 0.3) is 0 Å². The molecule has 1 N–H and O–H groups in total. The number of hydrogen-bond donors (Lipinski definition) is 1. The summed E-state index contributed by atoms with van der Waals surface area (Å²) in [5, 5.41) is 3.34. The molecule has 1 atom stereocenters. The summed E-state index contributed by atoms with van der Waals surface area (Å²) in [6.45, 7) is 1.64. The zero-order chi connectivity index (χ0) is 9.26. The van der Waals surface area contributed by atoms with E-state index in [0.29, 0.717) is 12.5 Å². The van der Waals surface area contributed by atoms with Crippen molar-refractivity contribution in [1.29, 1.82) is 0 Å². The van der Waals surface area contributed by atoms with Gasteiger partial charge < -0.3 is 5.32 Å². The van der Waals surface area contributed by atoms with Crippen molar-refractivity contribution in [3.05, 3.63) is 29.8 Å². The van der Waals surface area contributed by atoms with Crippen molar-refractivity contribution < 1.29 is 4.79 Å². The standard InChI is InChI=1S/C11H13NO/c1-8(13)6-10-7-9-4-2-3-5-11(9)12-10/h2-5,10,12H,6-7H2,1H3. The first-order valence-electron chi connectivity index (χ1n) is 4.59. The highest BCUT2D eigenvalue weighted by Crippen LogP contribution is 2.26. The normalized spacial score (nSPS) is 19.3. The van der Waals surface area contributed by atoms with E-state index in [0.717, 1.165) is 6.42 Å². The number of ketones is 1. The van der Waals surface area contributed by atoms with Crippen LogP contribution in [-0.4, -0.2) is 11.8 Å². The lowest BCUT2D eigenvalue weighted by Crippen LogP contribution is -2.18. The molecule has 0 fully saturated rings. The van der Waals surface area contributed by atoms with Gasteiger partial charge in [-0.3, -0.25) is 4.79 Å². The second kappa shape index (κ2) is 3.21. The molecule has 1 heterocycles. The van der Waals surface area contributed by atoms with Crippen molar-refractivity contribution in [1.82, 2.24) is 0 Å². The van der Waals surface area contributed by atoms with Crippen LogP contribution in [0.3, 0.4) is 0 Å². The topological polar surface area (TPSA) is 29.1 Å². The molecule has 1 aliphatic rings. The molecule has 0 spiro atoms. The Kier molecular flexibility index (Phi) is 2.05. The van der Waals surface area contributed by atoms with Gasteiger partial charge in [-0.1, -0.05) is 18.2 Å². The van der Waals surface area contributed by atoms with E-state index in [9.17, 15) is 4.79 Å². The van der Waals surface area contributed by atoms with E-state index in [1.807, 2.05) is 12.1 Å². The average molecular weight is 175 g/mol. The molecule has 1 unspecified atom stereocenters. The lowest BCUT2D eigenvalue weighted by Gasteiger charge is -2.07. The van der Waals surface area contributed by atoms with Crippen LogP contribution in [0.5, 0.6) is 0 Å². The lowest BCUT2D eigenvalue weighted by atomic mass is 10.1. The number of fused-ring (bicyclic) bond motifs is 1. The van der Waals surface area contributed by atoms with Crippen LogP contribution < -0.4 is 5.32 Å². The Balaban J connectivity index is 2.09. The van der Waals surface area contributed by atoms with Gasteiger partial charge in [-0.15, -0.1) is 0 Å². The largest absolute Gasteiger partial charge is 0.381 e. The number of rotatable bonds is 2. The zero-order valence-corrected chi connectivity index (χ0v) is 7.71. The van der Waals surface area contributed by atoms with Crippen molar-refractivity contribution in [2.24, 2.45) is 0 Å². The fourth-order valence-electron chi connectivity index (χ4n) is 1.85. The second-order valence-corrected chi connectivity index (χ2v) is 3.61. The molecule has 0 saturated carbocycles. The smallest absolute Gasteiger partial charge is 0.131 e. The third kappa shape index (κ3) is 1.72. The fourth-order valence-corrected chi connectivity index (χ4v) is 1.85. The van der Waals surface area contributed by atoms with Crippen molar-refractivity contribution in [3.8, 4) is 0 Å². The first kappa shape index (κ1) is 8.30. The second-order valence-electron chi connectivity index (χ2n) is 3.61. The summed E-state index contributed by atoms with van der Waals surface area (Å²) in [6.07, 6.45) is 1.62. The summed E-state index contributed by atoms with van der Waals surface area (Å²) < 4.78 is 0. The molecule has 1 aromatic carbocycles. The molecule has 13 heavy (non-hydrogen) atoms. The maximum Gasteiger partial charge on any atom is 0.131 e. The van der Waals surface area contributed by atoms with E-state index < -0.39 is 0 Å². The lowest BCUT2D eigenvalue weighted by molar-refractivity contribution is -0.117. The van der Waals surface area contributed by atoms with E-state index in [1.165, 1.54) is 11.3 Å². The molecule has 0 aromatic heterocycles. The minimum absolute atomic E-state index is 0.255. The van der Waals surface area contributed by atoms with E-state index in [4.69, 9.17) is 0 Å². The molecule has 68 valence electrons. The number of hydrogen-bond acceptors (Lipinski definition) is 2. The highest BCUT2D eigenvalue weighted by atomic mass is 16.1. The first-order chi connectivity index (χ1) is 6.25. The van der Waals surface area contributed by atoms with Crippen molar-refractivity contribution in [2.75, 3.05) is 5.32 Å². The highest BCUT2D eigenvalue weighted by molar-refractivity contribution is 5.77. The summed E-state index contributed by atoms with van der Waals surface area (Å²) in [7, 11) is 0. The van der Waals surface area contributed by atoms with Gasteiger partial charge in [0.15, 0.2) is 0 Å². The highest BCUT2D eigenvalue weighted by Gasteiger charge is 2.20. The van der Waals surface area contributed by atoms with Gasteiger partial charge in [0.1, 0.15) is 5.78 Å². The number of nitrogens with one attached hydrogen (secondary N) is 1.